The van der Waals surface area contributed by atoms with E-state index in [1.165, 1.54) is 28.1 Å². The third-order valence-electron chi connectivity index (χ3n) is 6.24. The van der Waals surface area contributed by atoms with E-state index in [2.05, 4.69) is 38.2 Å². The number of hydrogen-bond acceptors (Lipinski definition) is 3. The molecule has 0 bridgehead atoms. The van der Waals surface area contributed by atoms with Gasteiger partial charge in [0.25, 0.3) is 0 Å². The van der Waals surface area contributed by atoms with Gasteiger partial charge in [0.15, 0.2) is 0 Å². The fourth-order valence-electron chi connectivity index (χ4n) is 4.03. The second-order valence-corrected chi connectivity index (χ2v) is 12.1. The van der Waals surface area contributed by atoms with Crippen molar-refractivity contribution in [2.45, 2.75) is 57.7 Å². The molecule has 33 heavy (non-hydrogen) atoms. The number of nitrogens with one attached hydrogen (secondary N) is 1. The molecule has 1 aliphatic rings. The minimum atomic E-state index is -3.74. The molecule has 0 unspecified atom stereocenters. The minimum absolute atomic E-state index is 0.0228. The predicted octanol–water partition coefficient (Wildman–Crippen LogP) is 5.20. The standard InChI is InChI=1S/C25H32ClFN2O3S/c1-17(18-8-10-20(11-9-18)25(2,3)4)28-24(30)19-12-14-29(15-13-19)33(31,32)16-21-22(26)6-5-7-23(21)27/h5-11,17,19H,12-16H2,1-4H3,(H,28,30)/t17-/m0/s1. The maximum absolute atomic E-state index is 14.0. The summed E-state index contributed by atoms with van der Waals surface area (Å²) < 4.78 is 41.0. The van der Waals surface area contributed by atoms with Crippen LogP contribution in [0.4, 0.5) is 4.39 Å². The van der Waals surface area contributed by atoms with Crippen LogP contribution in [0.3, 0.4) is 0 Å². The Hall–Kier alpha value is -1.96. The van der Waals surface area contributed by atoms with Crippen LogP contribution in [0.2, 0.25) is 5.02 Å². The average molecular weight is 495 g/mol. The van der Waals surface area contributed by atoms with E-state index in [1.54, 1.807) is 0 Å². The largest absolute Gasteiger partial charge is 0.349 e. The van der Waals surface area contributed by atoms with Crippen molar-refractivity contribution in [3.05, 3.63) is 70.0 Å². The van der Waals surface area contributed by atoms with Crippen LogP contribution in [0, 0.1) is 11.7 Å². The number of sulfonamides is 1. The summed E-state index contributed by atoms with van der Waals surface area (Å²) in [6.45, 7) is 8.87. The van der Waals surface area contributed by atoms with Crippen LogP contribution in [0.25, 0.3) is 0 Å². The van der Waals surface area contributed by atoms with Crippen LogP contribution in [-0.4, -0.2) is 31.7 Å². The molecule has 8 heteroatoms. The summed E-state index contributed by atoms with van der Waals surface area (Å²) >= 11 is 5.99. The summed E-state index contributed by atoms with van der Waals surface area (Å²) in [6, 6.07) is 12.2. The lowest BCUT2D eigenvalue weighted by atomic mass is 9.86. The molecule has 1 aliphatic heterocycles. The molecule has 3 rings (SSSR count). The first-order valence-corrected chi connectivity index (χ1v) is 13.2. The maximum atomic E-state index is 14.0. The van der Waals surface area contributed by atoms with Crippen molar-refractivity contribution in [2.24, 2.45) is 5.92 Å². The van der Waals surface area contributed by atoms with E-state index in [0.29, 0.717) is 12.8 Å². The zero-order chi connectivity index (χ0) is 24.4. The van der Waals surface area contributed by atoms with Crippen LogP contribution in [0.5, 0.6) is 0 Å². The molecule has 0 spiro atoms. The van der Waals surface area contributed by atoms with Gasteiger partial charge in [-0.25, -0.2) is 17.1 Å². The lowest BCUT2D eigenvalue weighted by Gasteiger charge is -2.31. The van der Waals surface area contributed by atoms with Crippen LogP contribution in [0.1, 0.15) is 63.3 Å². The molecule has 2 aromatic rings. The van der Waals surface area contributed by atoms with E-state index in [0.717, 1.165) is 5.56 Å². The van der Waals surface area contributed by atoms with E-state index in [9.17, 15) is 17.6 Å². The van der Waals surface area contributed by atoms with Crippen molar-refractivity contribution in [3.63, 3.8) is 0 Å². The number of nitrogens with zero attached hydrogens (tertiary/aromatic N) is 1. The normalized spacial score (nSPS) is 17.0. The smallest absolute Gasteiger partial charge is 0.223 e. The number of hydrogen-bond donors (Lipinski definition) is 1. The second-order valence-electron chi connectivity index (χ2n) is 9.73. The summed E-state index contributed by atoms with van der Waals surface area (Å²) in [6.07, 6.45) is 0.845. The van der Waals surface area contributed by atoms with Gasteiger partial charge in [0.1, 0.15) is 5.82 Å². The van der Waals surface area contributed by atoms with Gasteiger partial charge in [0.2, 0.25) is 15.9 Å². The highest BCUT2D eigenvalue weighted by Gasteiger charge is 2.32. The van der Waals surface area contributed by atoms with Crippen LogP contribution >= 0.6 is 11.6 Å². The van der Waals surface area contributed by atoms with Crippen molar-refractivity contribution in [1.29, 1.82) is 0 Å². The van der Waals surface area contributed by atoms with E-state index in [4.69, 9.17) is 11.6 Å². The van der Waals surface area contributed by atoms with Crippen molar-refractivity contribution in [3.8, 4) is 0 Å². The van der Waals surface area contributed by atoms with Gasteiger partial charge in [-0.3, -0.25) is 4.79 Å². The number of carbonyl (C=O) groups is 1. The van der Waals surface area contributed by atoms with Gasteiger partial charge < -0.3 is 5.32 Å². The van der Waals surface area contributed by atoms with Crippen LogP contribution < -0.4 is 5.32 Å². The highest BCUT2D eigenvalue weighted by molar-refractivity contribution is 7.88. The summed E-state index contributed by atoms with van der Waals surface area (Å²) in [5.74, 6) is -1.46. The zero-order valence-electron chi connectivity index (χ0n) is 19.6. The van der Waals surface area contributed by atoms with Crippen molar-refractivity contribution in [1.82, 2.24) is 9.62 Å². The molecule has 0 aliphatic carbocycles. The Morgan fingerprint density at radius 3 is 2.30 bits per heavy atom. The Balaban J connectivity index is 1.56. The molecule has 1 fully saturated rings. The Morgan fingerprint density at radius 2 is 1.76 bits per heavy atom. The third-order valence-corrected chi connectivity index (χ3v) is 8.40. The van der Waals surface area contributed by atoms with Gasteiger partial charge in [0.05, 0.1) is 11.8 Å². The van der Waals surface area contributed by atoms with Crippen molar-refractivity contribution in [2.75, 3.05) is 13.1 Å². The highest BCUT2D eigenvalue weighted by Crippen LogP contribution is 2.27. The van der Waals surface area contributed by atoms with Crippen molar-refractivity contribution >= 4 is 27.5 Å². The molecule has 1 saturated heterocycles. The lowest BCUT2D eigenvalue weighted by Crippen LogP contribution is -2.43. The Kier molecular flexibility index (Phi) is 7.87. The van der Waals surface area contributed by atoms with Gasteiger partial charge in [-0.05, 0) is 48.4 Å². The number of piperidine rings is 1. The van der Waals surface area contributed by atoms with Gasteiger partial charge in [-0.1, -0.05) is 62.7 Å². The highest BCUT2D eigenvalue weighted by atomic mass is 35.5. The monoisotopic (exact) mass is 494 g/mol. The first-order valence-electron chi connectivity index (χ1n) is 11.2. The van der Waals surface area contributed by atoms with Gasteiger partial charge >= 0.3 is 0 Å². The molecule has 2 aromatic carbocycles. The molecular formula is C25H32ClFN2O3S. The van der Waals surface area contributed by atoms with E-state index >= 15 is 0 Å². The topological polar surface area (TPSA) is 66.5 Å². The SMILES string of the molecule is C[C@H](NC(=O)C1CCN(S(=O)(=O)Cc2c(F)cccc2Cl)CC1)c1ccc(C(C)(C)C)cc1. The zero-order valence-corrected chi connectivity index (χ0v) is 21.1. The number of halogens is 2. The number of amides is 1. The molecule has 5 nitrogen and oxygen atoms in total. The van der Waals surface area contributed by atoms with E-state index in [1.807, 2.05) is 19.1 Å². The van der Waals surface area contributed by atoms with Gasteiger partial charge in [0, 0.05) is 29.6 Å². The molecule has 1 amide bonds. The first-order chi connectivity index (χ1) is 15.4. The quantitative estimate of drug-likeness (QED) is 0.600. The van der Waals surface area contributed by atoms with Crippen LogP contribution in [-0.2, 0) is 26.0 Å². The Morgan fingerprint density at radius 1 is 1.15 bits per heavy atom. The summed E-state index contributed by atoms with van der Waals surface area (Å²) in [7, 11) is -3.74. The molecule has 1 heterocycles. The third kappa shape index (κ3) is 6.34. The van der Waals surface area contributed by atoms with Gasteiger partial charge in [-0.2, -0.15) is 0 Å². The molecule has 0 radical (unpaired) electrons. The van der Waals surface area contributed by atoms with E-state index < -0.39 is 21.6 Å². The Labute approximate surface area is 201 Å². The molecule has 180 valence electrons. The number of rotatable bonds is 6. The van der Waals surface area contributed by atoms with Crippen LogP contribution in [0.15, 0.2) is 42.5 Å². The average Bonchev–Trinajstić information content (AvgIpc) is 2.76. The molecule has 1 atom stereocenters. The van der Waals surface area contributed by atoms with Gasteiger partial charge in [-0.15, -0.1) is 0 Å². The number of benzene rings is 2. The molecule has 1 N–H and O–H groups in total. The molecular weight excluding hydrogens is 463 g/mol. The maximum Gasteiger partial charge on any atom is 0.223 e. The summed E-state index contributed by atoms with van der Waals surface area (Å²) in [5, 5.41) is 3.15. The summed E-state index contributed by atoms with van der Waals surface area (Å²) in [4.78, 5) is 12.8. The van der Waals surface area contributed by atoms with E-state index in [-0.39, 0.29) is 47.0 Å². The lowest BCUT2D eigenvalue weighted by molar-refractivity contribution is -0.126. The Bertz CT molecular complexity index is 1070. The fourth-order valence-corrected chi connectivity index (χ4v) is 5.94. The second kappa shape index (κ2) is 10.1. The summed E-state index contributed by atoms with van der Waals surface area (Å²) in [5.41, 5.74) is 2.30. The molecule has 0 aromatic heterocycles. The number of carbonyl (C=O) groups excluding carboxylic acids is 1. The predicted molar refractivity (Wildman–Crippen MR) is 130 cm³/mol. The van der Waals surface area contributed by atoms with Crippen molar-refractivity contribution < 1.29 is 17.6 Å². The minimum Gasteiger partial charge on any atom is -0.349 e. The fraction of sp³-hybridized carbons (Fsp3) is 0.480. The first kappa shape index (κ1) is 25.7. The molecule has 0 saturated carbocycles.